The average molecular weight is 462 g/mol. The predicted octanol–water partition coefficient (Wildman–Crippen LogP) is 3.97. The maximum atomic E-state index is 12.3. The smallest absolute Gasteiger partial charge is 0.252 e. The predicted molar refractivity (Wildman–Crippen MR) is 116 cm³/mol. The quantitative estimate of drug-likeness (QED) is 0.335. The van der Waals surface area contributed by atoms with Crippen LogP contribution in [0.2, 0.25) is 0 Å². The fourth-order valence-corrected chi connectivity index (χ4v) is 2.65. The SMILES string of the molecule is CCCOc1ccc(Br)cc1C=NNC(=O)C(C)C(=O)Nc1ccc(OC)cc1. The van der Waals surface area contributed by atoms with E-state index in [2.05, 4.69) is 31.8 Å². The molecule has 29 heavy (non-hydrogen) atoms. The van der Waals surface area contributed by atoms with Gasteiger partial charge >= 0.3 is 0 Å². The number of halogens is 1. The average Bonchev–Trinajstić information content (AvgIpc) is 2.73. The fraction of sp³-hybridized carbons (Fsp3) is 0.286. The number of anilines is 1. The van der Waals surface area contributed by atoms with Gasteiger partial charge in [-0.15, -0.1) is 0 Å². The molecule has 2 amide bonds. The molecule has 0 aromatic heterocycles. The summed E-state index contributed by atoms with van der Waals surface area (Å²) in [5.74, 6) is -0.528. The third-order valence-corrected chi connectivity index (χ3v) is 4.45. The van der Waals surface area contributed by atoms with Crippen LogP contribution in [0.4, 0.5) is 5.69 Å². The number of nitrogens with one attached hydrogen (secondary N) is 2. The summed E-state index contributed by atoms with van der Waals surface area (Å²) in [5, 5.41) is 6.65. The van der Waals surface area contributed by atoms with Gasteiger partial charge in [-0.3, -0.25) is 9.59 Å². The van der Waals surface area contributed by atoms with Crippen molar-refractivity contribution in [2.24, 2.45) is 11.0 Å². The Morgan fingerprint density at radius 1 is 1.17 bits per heavy atom. The van der Waals surface area contributed by atoms with E-state index in [1.807, 2.05) is 25.1 Å². The maximum Gasteiger partial charge on any atom is 0.252 e. The summed E-state index contributed by atoms with van der Waals surface area (Å²) >= 11 is 3.40. The molecule has 0 fully saturated rings. The highest BCUT2D eigenvalue weighted by Gasteiger charge is 2.21. The number of carbonyl (C=O) groups excluding carboxylic acids is 2. The zero-order valence-corrected chi connectivity index (χ0v) is 18.2. The number of benzene rings is 2. The van der Waals surface area contributed by atoms with Crippen molar-refractivity contribution >= 4 is 39.6 Å². The van der Waals surface area contributed by atoms with E-state index in [0.29, 0.717) is 29.4 Å². The van der Waals surface area contributed by atoms with E-state index in [-0.39, 0.29) is 0 Å². The second-order valence-electron chi connectivity index (χ2n) is 6.20. The number of nitrogens with zero attached hydrogens (tertiary/aromatic N) is 1. The van der Waals surface area contributed by atoms with E-state index >= 15 is 0 Å². The number of ether oxygens (including phenoxy) is 2. The molecule has 0 saturated heterocycles. The summed E-state index contributed by atoms with van der Waals surface area (Å²) in [7, 11) is 1.56. The van der Waals surface area contributed by atoms with Crippen LogP contribution in [0.3, 0.4) is 0 Å². The van der Waals surface area contributed by atoms with Gasteiger partial charge in [0.2, 0.25) is 5.91 Å². The first-order chi connectivity index (χ1) is 13.9. The number of amides is 2. The van der Waals surface area contributed by atoms with E-state index in [0.717, 1.165) is 10.9 Å². The summed E-state index contributed by atoms with van der Waals surface area (Å²) in [5.41, 5.74) is 3.68. The standard InChI is InChI=1S/C21H24BrN3O4/c1-4-11-29-19-10-5-16(22)12-15(19)13-23-25-21(27)14(2)20(26)24-17-6-8-18(28-3)9-7-17/h5-10,12-14H,4,11H2,1-3H3,(H,24,26)(H,25,27). The first kappa shape index (κ1) is 22.4. The van der Waals surface area contributed by atoms with Crippen molar-refractivity contribution in [2.75, 3.05) is 19.0 Å². The lowest BCUT2D eigenvalue weighted by molar-refractivity contribution is -0.131. The van der Waals surface area contributed by atoms with Crippen molar-refractivity contribution in [3.8, 4) is 11.5 Å². The van der Waals surface area contributed by atoms with E-state index in [9.17, 15) is 9.59 Å². The summed E-state index contributed by atoms with van der Waals surface area (Å²) in [6, 6.07) is 12.4. The molecule has 2 N–H and O–H groups in total. The molecule has 0 bridgehead atoms. The molecule has 154 valence electrons. The Morgan fingerprint density at radius 2 is 1.90 bits per heavy atom. The van der Waals surface area contributed by atoms with Crippen LogP contribution in [0.25, 0.3) is 0 Å². The summed E-state index contributed by atoms with van der Waals surface area (Å²) in [6.07, 6.45) is 2.37. The topological polar surface area (TPSA) is 89.0 Å². The fourth-order valence-electron chi connectivity index (χ4n) is 2.27. The van der Waals surface area contributed by atoms with E-state index in [1.165, 1.54) is 13.1 Å². The molecule has 0 radical (unpaired) electrons. The van der Waals surface area contributed by atoms with Crippen LogP contribution in [-0.4, -0.2) is 31.7 Å². The van der Waals surface area contributed by atoms with E-state index in [4.69, 9.17) is 9.47 Å². The molecule has 0 spiro atoms. The Hall–Kier alpha value is -2.87. The van der Waals surface area contributed by atoms with Gasteiger partial charge < -0.3 is 14.8 Å². The first-order valence-corrected chi connectivity index (χ1v) is 9.94. The molecule has 8 heteroatoms. The summed E-state index contributed by atoms with van der Waals surface area (Å²) in [4.78, 5) is 24.5. The second-order valence-corrected chi connectivity index (χ2v) is 7.12. The molecule has 2 aromatic carbocycles. The van der Waals surface area contributed by atoms with Crippen LogP contribution in [0.5, 0.6) is 11.5 Å². The Balaban J connectivity index is 1.95. The lowest BCUT2D eigenvalue weighted by Crippen LogP contribution is -2.34. The van der Waals surface area contributed by atoms with Crippen molar-refractivity contribution in [3.05, 3.63) is 52.5 Å². The third kappa shape index (κ3) is 6.90. The molecular weight excluding hydrogens is 438 g/mol. The van der Waals surface area contributed by atoms with Gasteiger partial charge in [-0.1, -0.05) is 22.9 Å². The van der Waals surface area contributed by atoms with Crippen molar-refractivity contribution in [3.63, 3.8) is 0 Å². The Bertz CT molecular complexity index is 869. The van der Waals surface area contributed by atoms with Gasteiger partial charge in [-0.2, -0.15) is 5.10 Å². The van der Waals surface area contributed by atoms with Gasteiger partial charge in [0.25, 0.3) is 5.91 Å². The largest absolute Gasteiger partial charge is 0.497 e. The van der Waals surface area contributed by atoms with Crippen LogP contribution in [0, 0.1) is 5.92 Å². The highest BCUT2D eigenvalue weighted by molar-refractivity contribution is 9.10. The van der Waals surface area contributed by atoms with Gasteiger partial charge in [-0.05, 0) is 55.8 Å². The molecule has 2 aromatic rings. The van der Waals surface area contributed by atoms with Crippen molar-refractivity contribution in [1.82, 2.24) is 5.43 Å². The molecule has 0 aliphatic heterocycles. The lowest BCUT2D eigenvalue weighted by atomic mass is 10.1. The van der Waals surface area contributed by atoms with Gasteiger partial charge in [0.05, 0.1) is 19.9 Å². The molecule has 0 saturated carbocycles. The number of hydrazone groups is 1. The Labute approximate surface area is 178 Å². The zero-order valence-electron chi connectivity index (χ0n) is 16.6. The number of rotatable bonds is 9. The van der Waals surface area contributed by atoms with Gasteiger partial charge in [0.15, 0.2) is 0 Å². The third-order valence-electron chi connectivity index (χ3n) is 3.96. The van der Waals surface area contributed by atoms with E-state index < -0.39 is 17.7 Å². The molecule has 0 heterocycles. The van der Waals surface area contributed by atoms with Gasteiger partial charge in [-0.25, -0.2) is 5.43 Å². The van der Waals surface area contributed by atoms with Gasteiger partial charge in [0, 0.05) is 15.7 Å². The molecule has 7 nitrogen and oxygen atoms in total. The van der Waals surface area contributed by atoms with Gasteiger partial charge in [0.1, 0.15) is 17.4 Å². The van der Waals surface area contributed by atoms with Crippen LogP contribution in [0.15, 0.2) is 52.0 Å². The van der Waals surface area contributed by atoms with Crippen molar-refractivity contribution in [2.45, 2.75) is 20.3 Å². The molecule has 1 unspecified atom stereocenters. The minimum absolute atomic E-state index is 0.433. The molecular formula is C21H24BrN3O4. The Kier molecular flexibility index (Phi) is 8.67. The highest BCUT2D eigenvalue weighted by atomic mass is 79.9. The number of carbonyl (C=O) groups is 2. The minimum atomic E-state index is -0.924. The lowest BCUT2D eigenvalue weighted by Gasteiger charge is -2.11. The second kappa shape index (κ2) is 11.2. The van der Waals surface area contributed by atoms with Crippen LogP contribution in [0.1, 0.15) is 25.8 Å². The monoisotopic (exact) mass is 461 g/mol. The molecule has 0 aliphatic carbocycles. The molecule has 2 rings (SSSR count). The van der Waals surface area contributed by atoms with Crippen LogP contribution in [-0.2, 0) is 9.59 Å². The minimum Gasteiger partial charge on any atom is -0.497 e. The number of hydrogen-bond acceptors (Lipinski definition) is 5. The molecule has 0 aliphatic rings. The normalized spacial score (nSPS) is 11.7. The van der Waals surface area contributed by atoms with Crippen molar-refractivity contribution in [1.29, 1.82) is 0 Å². The zero-order chi connectivity index (χ0) is 21.2. The highest BCUT2D eigenvalue weighted by Crippen LogP contribution is 2.22. The van der Waals surface area contributed by atoms with Crippen LogP contribution >= 0.6 is 15.9 Å². The maximum absolute atomic E-state index is 12.3. The van der Waals surface area contributed by atoms with Crippen molar-refractivity contribution < 1.29 is 19.1 Å². The first-order valence-electron chi connectivity index (χ1n) is 9.14. The Morgan fingerprint density at radius 3 is 2.55 bits per heavy atom. The summed E-state index contributed by atoms with van der Waals surface area (Å²) < 4.78 is 11.6. The summed E-state index contributed by atoms with van der Waals surface area (Å²) in [6.45, 7) is 4.11. The number of hydrogen-bond donors (Lipinski definition) is 2. The molecule has 1 atom stereocenters. The van der Waals surface area contributed by atoms with Crippen LogP contribution < -0.4 is 20.2 Å². The number of methoxy groups -OCH3 is 1. The van der Waals surface area contributed by atoms with E-state index in [1.54, 1.807) is 31.4 Å².